The number of thiophene rings is 1. The van der Waals surface area contributed by atoms with E-state index in [1.54, 1.807) is 11.3 Å². The first-order chi connectivity index (χ1) is 13.0. The van der Waals surface area contributed by atoms with Crippen LogP contribution in [0.1, 0.15) is 25.5 Å². The van der Waals surface area contributed by atoms with E-state index in [1.165, 1.54) is 24.3 Å². The Morgan fingerprint density at radius 3 is 2.41 bits per heavy atom. The fraction of sp³-hybridized carbons (Fsp3) is 0.368. The molecular formula is C19H25FN4O2S. The van der Waals surface area contributed by atoms with Crippen LogP contribution in [0.3, 0.4) is 0 Å². The summed E-state index contributed by atoms with van der Waals surface area (Å²) in [7, 11) is 0. The third kappa shape index (κ3) is 6.65. The average molecular weight is 393 g/mol. The van der Waals surface area contributed by atoms with E-state index in [4.69, 9.17) is 0 Å². The molecule has 2 rings (SSSR count). The highest BCUT2D eigenvalue weighted by Crippen LogP contribution is 2.22. The van der Waals surface area contributed by atoms with Gasteiger partial charge in [-0.3, -0.25) is 9.69 Å². The molecule has 0 aliphatic heterocycles. The minimum atomic E-state index is -0.406. The van der Waals surface area contributed by atoms with Crippen LogP contribution in [0.5, 0.6) is 0 Å². The molecule has 0 radical (unpaired) electrons. The van der Waals surface area contributed by atoms with Crippen LogP contribution in [0.4, 0.5) is 14.9 Å². The van der Waals surface area contributed by atoms with E-state index >= 15 is 0 Å². The third-order valence-corrected chi connectivity index (χ3v) is 4.88. The molecule has 0 bridgehead atoms. The van der Waals surface area contributed by atoms with Crippen molar-refractivity contribution in [3.63, 3.8) is 0 Å². The number of rotatable bonds is 9. The van der Waals surface area contributed by atoms with Crippen LogP contribution in [-0.2, 0) is 4.79 Å². The van der Waals surface area contributed by atoms with Gasteiger partial charge < -0.3 is 16.0 Å². The van der Waals surface area contributed by atoms with Gasteiger partial charge in [-0.25, -0.2) is 9.18 Å². The van der Waals surface area contributed by atoms with E-state index in [-0.39, 0.29) is 24.3 Å². The number of benzene rings is 1. The smallest absolute Gasteiger partial charge is 0.315 e. The van der Waals surface area contributed by atoms with Gasteiger partial charge in [-0.2, -0.15) is 11.3 Å². The Hall–Kier alpha value is -2.45. The lowest BCUT2D eigenvalue weighted by Crippen LogP contribution is -2.44. The molecule has 8 heteroatoms. The molecule has 27 heavy (non-hydrogen) atoms. The fourth-order valence-electron chi connectivity index (χ4n) is 2.74. The monoisotopic (exact) mass is 392 g/mol. The number of carbonyl (C=O) groups excluding carboxylic acids is 2. The average Bonchev–Trinajstić information content (AvgIpc) is 3.19. The SMILES string of the molecule is CCN(CC)C(CNC(=O)NCC(=O)Nc1ccc(F)cc1)c1ccsc1. The van der Waals surface area contributed by atoms with Gasteiger partial charge in [0.2, 0.25) is 5.91 Å². The Morgan fingerprint density at radius 1 is 1.11 bits per heavy atom. The minimum absolute atomic E-state index is 0.0880. The zero-order chi connectivity index (χ0) is 19.6. The van der Waals surface area contributed by atoms with Crippen molar-refractivity contribution >= 4 is 29.0 Å². The normalized spacial score (nSPS) is 11.9. The lowest BCUT2D eigenvalue weighted by molar-refractivity contribution is -0.115. The molecule has 146 valence electrons. The number of hydrogen-bond acceptors (Lipinski definition) is 4. The number of hydrogen-bond donors (Lipinski definition) is 3. The van der Waals surface area contributed by atoms with Crippen LogP contribution >= 0.6 is 11.3 Å². The topological polar surface area (TPSA) is 73.5 Å². The molecule has 0 saturated carbocycles. The van der Waals surface area contributed by atoms with E-state index < -0.39 is 6.03 Å². The number of amides is 3. The maximum Gasteiger partial charge on any atom is 0.315 e. The summed E-state index contributed by atoms with van der Waals surface area (Å²) < 4.78 is 12.9. The van der Waals surface area contributed by atoms with Gasteiger partial charge in [0.25, 0.3) is 0 Å². The molecule has 0 fully saturated rings. The Kier molecular flexibility index (Phi) is 8.22. The minimum Gasteiger partial charge on any atom is -0.336 e. The van der Waals surface area contributed by atoms with Crippen molar-refractivity contribution in [2.45, 2.75) is 19.9 Å². The third-order valence-electron chi connectivity index (χ3n) is 4.17. The van der Waals surface area contributed by atoms with Gasteiger partial charge in [0.05, 0.1) is 12.6 Å². The molecule has 1 unspecified atom stereocenters. The lowest BCUT2D eigenvalue weighted by atomic mass is 10.1. The first kappa shape index (κ1) is 20.9. The summed E-state index contributed by atoms with van der Waals surface area (Å²) in [5.74, 6) is -0.756. The summed E-state index contributed by atoms with van der Waals surface area (Å²) in [6, 6.07) is 7.18. The summed E-state index contributed by atoms with van der Waals surface area (Å²) >= 11 is 1.63. The van der Waals surface area contributed by atoms with Crippen LogP contribution < -0.4 is 16.0 Å². The lowest BCUT2D eigenvalue weighted by Gasteiger charge is -2.29. The van der Waals surface area contributed by atoms with E-state index in [0.29, 0.717) is 12.2 Å². The molecule has 1 atom stereocenters. The van der Waals surface area contributed by atoms with Crippen molar-refractivity contribution in [1.82, 2.24) is 15.5 Å². The standard InChI is InChI=1S/C19H25FN4O2S/c1-3-24(4-2)17(14-9-10-27-13-14)11-21-19(26)22-12-18(25)23-16-7-5-15(20)6-8-16/h5-10,13,17H,3-4,11-12H2,1-2H3,(H,23,25)(H2,21,22,26). The van der Waals surface area contributed by atoms with Crippen LogP contribution in [0.15, 0.2) is 41.1 Å². The van der Waals surface area contributed by atoms with Crippen molar-refractivity contribution in [3.8, 4) is 0 Å². The van der Waals surface area contributed by atoms with Crippen molar-refractivity contribution in [2.75, 3.05) is 31.5 Å². The first-order valence-electron chi connectivity index (χ1n) is 8.86. The number of likely N-dealkylation sites (N-methyl/N-ethyl adjacent to an activating group) is 1. The first-order valence-corrected chi connectivity index (χ1v) is 9.81. The van der Waals surface area contributed by atoms with Gasteiger partial charge in [-0.05, 0) is 59.7 Å². The highest BCUT2D eigenvalue weighted by atomic mass is 32.1. The van der Waals surface area contributed by atoms with E-state index in [1.807, 2.05) is 5.38 Å². The van der Waals surface area contributed by atoms with Crippen molar-refractivity contribution in [1.29, 1.82) is 0 Å². The predicted octanol–water partition coefficient (Wildman–Crippen LogP) is 3.21. The molecule has 1 aromatic carbocycles. The van der Waals surface area contributed by atoms with Gasteiger partial charge in [0.15, 0.2) is 0 Å². The maximum atomic E-state index is 12.9. The summed E-state index contributed by atoms with van der Waals surface area (Å²) in [5.41, 5.74) is 1.64. The van der Waals surface area contributed by atoms with Gasteiger partial charge in [0.1, 0.15) is 5.82 Å². The van der Waals surface area contributed by atoms with Gasteiger partial charge in [-0.1, -0.05) is 13.8 Å². The largest absolute Gasteiger partial charge is 0.336 e. The van der Waals surface area contributed by atoms with Gasteiger partial charge >= 0.3 is 6.03 Å². The quantitative estimate of drug-likeness (QED) is 0.614. The summed E-state index contributed by atoms with van der Waals surface area (Å²) in [6.07, 6.45) is 0. The second kappa shape index (κ2) is 10.6. The van der Waals surface area contributed by atoms with Crippen LogP contribution in [0, 0.1) is 5.82 Å². The second-order valence-corrected chi connectivity index (χ2v) is 6.69. The molecular weight excluding hydrogens is 367 g/mol. The molecule has 2 aromatic rings. The Labute approximate surface area is 162 Å². The molecule has 0 saturated heterocycles. The number of nitrogens with zero attached hydrogens (tertiary/aromatic N) is 1. The molecule has 0 aliphatic rings. The molecule has 0 spiro atoms. The summed E-state index contributed by atoms with van der Waals surface area (Å²) in [4.78, 5) is 26.2. The molecule has 3 amide bonds. The van der Waals surface area contributed by atoms with Crippen LogP contribution in [0.25, 0.3) is 0 Å². The van der Waals surface area contributed by atoms with E-state index in [2.05, 4.69) is 46.1 Å². The van der Waals surface area contributed by atoms with Crippen LogP contribution in [0.2, 0.25) is 0 Å². The predicted molar refractivity (Wildman–Crippen MR) is 106 cm³/mol. The zero-order valence-electron chi connectivity index (χ0n) is 15.5. The number of nitrogens with one attached hydrogen (secondary N) is 3. The van der Waals surface area contributed by atoms with Crippen LogP contribution in [-0.4, -0.2) is 43.0 Å². The number of carbonyl (C=O) groups is 2. The molecule has 1 aromatic heterocycles. The number of anilines is 1. The summed E-state index contributed by atoms with van der Waals surface area (Å²) in [6.45, 7) is 6.20. The highest BCUT2D eigenvalue weighted by molar-refractivity contribution is 7.07. The molecule has 0 aliphatic carbocycles. The van der Waals surface area contributed by atoms with Crippen molar-refractivity contribution in [3.05, 3.63) is 52.5 Å². The molecule has 6 nitrogen and oxygen atoms in total. The fourth-order valence-corrected chi connectivity index (χ4v) is 3.44. The Bertz CT molecular complexity index is 718. The number of halogens is 1. The van der Waals surface area contributed by atoms with Gasteiger partial charge in [-0.15, -0.1) is 0 Å². The zero-order valence-corrected chi connectivity index (χ0v) is 16.3. The Balaban J connectivity index is 1.80. The van der Waals surface area contributed by atoms with E-state index in [0.717, 1.165) is 18.7 Å². The Morgan fingerprint density at radius 2 is 1.81 bits per heavy atom. The maximum absolute atomic E-state index is 12.9. The number of urea groups is 1. The van der Waals surface area contributed by atoms with E-state index in [9.17, 15) is 14.0 Å². The van der Waals surface area contributed by atoms with Crippen molar-refractivity contribution in [2.24, 2.45) is 0 Å². The molecule has 3 N–H and O–H groups in total. The summed E-state index contributed by atoms with van der Waals surface area (Å²) in [5, 5.41) is 12.1. The van der Waals surface area contributed by atoms with Crippen molar-refractivity contribution < 1.29 is 14.0 Å². The second-order valence-electron chi connectivity index (χ2n) is 5.91. The van der Waals surface area contributed by atoms with Gasteiger partial charge in [0, 0.05) is 12.2 Å². The molecule has 1 heterocycles. The highest BCUT2D eigenvalue weighted by Gasteiger charge is 2.19.